The summed E-state index contributed by atoms with van der Waals surface area (Å²) in [6.07, 6.45) is 5.99. The summed E-state index contributed by atoms with van der Waals surface area (Å²) in [5, 5.41) is 19.9. The molecule has 2 aromatic carbocycles. The van der Waals surface area contributed by atoms with Crippen molar-refractivity contribution in [1.29, 1.82) is 0 Å². The molecule has 0 spiro atoms. The topological polar surface area (TPSA) is 93.5 Å². The van der Waals surface area contributed by atoms with Gasteiger partial charge in [-0.2, -0.15) is 0 Å². The highest BCUT2D eigenvalue weighted by Gasteiger charge is 2.31. The molecule has 0 bridgehead atoms. The van der Waals surface area contributed by atoms with E-state index in [1.54, 1.807) is 25.4 Å². The molecule has 178 valence electrons. The first-order valence-electron chi connectivity index (χ1n) is 11.3. The number of aliphatic hydroxyl groups is 2. The Morgan fingerprint density at radius 2 is 1.69 bits per heavy atom. The first-order valence-corrected chi connectivity index (χ1v) is 11.3. The third-order valence-electron chi connectivity index (χ3n) is 5.87. The normalized spacial score (nSPS) is 18.7. The molecule has 1 unspecified atom stereocenters. The van der Waals surface area contributed by atoms with Crippen molar-refractivity contribution in [2.24, 2.45) is 0 Å². The molecule has 1 atom stereocenters. The summed E-state index contributed by atoms with van der Waals surface area (Å²) in [6.45, 7) is 1.93. The van der Waals surface area contributed by atoms with Crippen molar-refractivity contribution >= 4 is 12.6 Å². The summed E-state index contributed by atoms with van der Waals surface area (Å²) < 4.78 is 23.3. The maximum absolute atomic E-state index is 9.94. The van der Waals surface area contributed by atoms with Crippen LogP contribution in [0, 0.1) is 6.92 Å². The predicted octanol–water partition coefficient (Wildman–Crippen LogP) is 4.64. The molecule has 0 amide bonds. The largest absolute Gasteiger partial charge is 0.636 e. The van der Waals surface area contributed by atoms with Gasteiger partial charge in [0.25, 0.3) is 11.9 Å². The zero-order valence-electron chi connectivity index (χ0n) is 19.4. The zero-order valence-corrected chi connectivity index (χ0v) is 19.4. The molecule has 0 saturated heterocycles. The van der Waals surface area contributed by atoms with Crippen molar-refractivity contribution in [3.8, 4) is 17.2 Å². The van der Waals surface area contributed by atoms with Crippen LogP contribution in [0.3, 0.4) is 0 Å². The third kappa shape index (κ3) is 4.99. The van der Waals surface area contributed by atoms with E-state index >= 15 is 0 Å². The SMILES string of the molecule is Cc1ncccc1Oc1cccc2c1CCC2Oc1ccc(B2OC(O)=CN(C)/C=C(/O)O2)cc1. The fraction of sp³-hybridized carbons (Fsp3) is 0.192. The summed E-state index contributed by atoms with van der Waals surface area (Å²) in [4.78, 5) is 5.72. The standard InChI is InChI=1S/C26H25BN2O6/c1-17-22(7-4-14-28-17)33-23-6-3-5-20-21(23)12-13-24(20)32-19-10-8-18(9-11-19)27-34-25(30)15-29(2)16-26(31)35-27/h3-11,14-16,24,30-31H,12-13H2,1-2H3/b25-15-,26-16?. The predicted molar refractivity (Wildman–Crippen MR) is 130 cm³/mol. The van der Waals surface area contributed by atoms with Crippen LogP contribution in [0.1, 0.15) is 29.3 Å². The number of rotatable bonds is 5. The van der Waals surface area contributed by atoms with E-state index in [9.17, 15) is 10.2 Å². The van der Waals surface area contributed by atoms with Gasteiger partial charge in [0, 0.05) is 24.3 Å². The van der Waals surface area contributed by atoms with Gasteiger partial charge in [-0.15, -0.1) is 0 Å². The van der Waals surface area contributed by atoms with E-state index < -0.39 is 7.12 Å². The number of hydrogen-bond acceptors (Lipinski definition) is 8. The number of fused-ring (bicyclic) bond motifs is 1. The second-order valence-corrected chi connectivity index (χ2v) is 8.39. The Kier molecular flexibility index (Phi) is 6.14. The van der Waals surface area contributed by atoms with Gasteiger partial charge in [0.1, 0.15) is 23.4 Å². The quantitative estimate of drug-likeness (QED) is 0.519. The fourth-order valence-corrected chi connectivity index (χ4v) is 4.19. The molecule has 2 heterocycles. The molecular weight excluding hydrogens is 447 g/mol. The molecule has 2 aliphatic rings. The van der Waals surface area contributed by atoms with E-state index in [1.807, 2.05) is 43.3 Å². The average molecular weight is 472 g/mol. The Morgan fingerprint density at radius 3 is 2.40 bits per heavy atom. The van der Waals surface area contributed by atoms with Crippen LogP contribution in [0.4, 0.5) is 0 Å². The maximum atomic E-state index is 9.94. The summed E-state index contributed by atoms with van der Waals surface area (Å²) in [6, 6.07) is 17.0. The van der Waals surface area contributed by atoms with Gasteiger partial charge in [-0.1, -0.05) is 24.3 Å². The second kappa shape index (κ2) is 9.54. The highest BCUT2D eigenvalue weighted by molar-refractivity contribution is 6.61. The highest BCUT2D eigenvalue weighted by Crippen LogP contribution is 2.41. The van der Waals surface area contributed by atoms with Crippen LogP contribution in [0.2, 0.25) is 0 Å². The molecule has 1 aromatic heterocycles. The van der Waals surface area contributed by atoms with Crippen molar-refractivity contribution < 1.29 is 29.0 Å². The summed E-state index contributed by atoms with van der Waals surface area (Å²) in [5.74, 6) is 1.59. The lowest BCUT2D eigenvalue weighted by Gasteiger charge is -2.20. The first-order chi connectivity index (χ1) is 17.0. The van der Waals surface area contributed by atoms with Crippen molar-refractivity contribution in [1.82, 2.24) is 9.88 Å². The molecule has 5 rings (SSSR count). The van der Waals surface area contributed by atoms with Crippen molar-refractivity contribution in [2.75, 3.05) is 7.05 Å². The number of aromatic nitrogens is 1. The highest BCUT2D eigenvalue weighted by atomic mass is 16.7. The van der Waals surface area contributed by atoms with Gasteiger partial charge >= 0.3 is 7.12 Å². The van der Waals surface area contributed by atoms with Crippen molar-refractivity contribution in [3.05, 3.63) is 102 Å². The van der Waals surface area contributed by atoms with E-state index in [-0.39, 0.29) is 18.0 Å². The van der Waals surface area contributed by atoms with Crippen LogP contribution in [0.5, 0.6) is 17.2 Å². The number of aliphatic hydroxyl groups excluding tert-OH is 2. The van der Waals surface area contributed by atoms with Crippen LogP contribution >= 0.6 is 0 Å². The third-order valence-corrected chi connectivity index (χ3v) is 5.87. The Labute approximate surface area is 203 Å². The fourth-order valence-electron chi connectivity index (χ4n) is 4.19. The molecule has 0 saturated carbocycles. The molecule has 3 aromatic rings. The lowest BCUT2D eigenvalue weighted by Crippen LogP contribution is -2.37. The Bertz CT molecular complexity index is 1260. The minimum atomic E-state index is -1.01. The van der Waals surface area contributed by atoms with Gasteiger partial charge in [0.05, 0.1) is 18.1 Å². The lowest BCUT2D eigenvalue weighted by molar-refractivity contribution is 0.124. The van der Waals surface area contributed by atoms with E-state index in [4.69, 9.17) is 18.8 Å². The maximum Gasteiger partial charge on any atom is 0.636 e. The molecule has 35 heavy (non-hydrogen) atoms. The van der Waals surface area contributed by atoms with Gasteiger partial charge in [-0.25, -0.2) is 0 Å². The van der Waals surface area contributed by atoms with Crippen LogP contribution in [-0.4, -0.2) is 34.3 Å². The number of nitrogens with zero attached hydrogens (tertiary/aromatic N) is 2. The number of benzene rings is 2. The summed E-state index contributed by atoms with van der Waals surface area (Å²) >= 11 is 0. The Balaban J connectivity index is 1.30. The monoisotopic (exact) mass is 472 g/mol. The number of ether oxygens (including phenoxy) is 2. The van der Waals surface area contributed by atoms with Gasteiger partial charge < -0.3 is 33.9 Å². The molecule has 0 radical (unpaired) electrons. The van der Waals surface area contributed by atoms with Gasteiger partial charge in [-0.3, -0.25) is 4.98 Å². The van der Waals surface area contributed by atoms with Crippen LogP contribution in [0.25, 0.3) is 0 Å². The van der Waals surface area contributed by atoms with Gasteiger partial charge in [-0.05, 0) is 55.7 Å². The van der Waals surface area contributed by atoms with Crippen molar-refractivity contribution in [2.45, 2.75) is 25.9 Å². The smallest absolute Gasteiger partial charge is 0.494 e. The summed E-state index contributed by atoms with van der Waals surface area (Å²) in [5.41, 5.74) is 3.70. The molecule has 8 nitrogen and oxygen atoms in total. The lowest BCUT2D eigenvalue weighted by atomic mass is 9.79. The van der Waals surface area contributed by atoms with E-state index in [2.05, 4.69) is 11.1 Å². The van der Waals surface area contributed by atoms with E-state index in [0.29, 0.717) is 11.2 Å². The van der Waals surface area contributed by atoms with Gasteiger partial charge in [0.15, 0.2) is 0 Å². The molecule has 1 aliphatic heterocycles. The van der Waals surface area contributed by atoms with E-state index in [0.717, 1.165) is 41.2 Å². The summed E-state index contributed by atoms with van der Waals surface area (Å²) in [7, 11) is 0.620. The first kappa shape index (κ1) is 22.5. The Hall–Kier alpha value is -4.27. The molecule has 2 N–H and O–H groups in total. The van der Waals surface area contributed by atoms with Gasteiger partial charge in [0.2, 0.25) is 0 Å². The van der Waals surface area contributed by atoms with Crippen LogP contribution in [0.15, 0.2) is 85.1 Å². The minimum Gasteiger partial charge on any atom is -0.494 e. The van der Waals surface area contributed by atoms with Crippen LogP contribution < -0.4 is 14.9 Å². The molecule has 1 aliphatic carbocycles. The molecule has 9 heteroatoms. The molecule has 0 fully saturated rings. The average Bonchev–Trinajstić information content (AvgIpc) is 3.23. The number of hydrogen-bond donors (Lipinski definition) is 2. The second-order valence-electron chi connectivity index (χ2n) is 8.39. The van der Waals surface area contributed by atoms with E-state index in [1.165, 1.54) is 17.3 Å². The number of pyridine rings is 1. The Morgan fingerprint density at radius 1 is 0.971 bits per heavy atom. The number of aryl methyl sites for hydroxylation is 1. The zero-order chi connectivity index (χ0) is 24.4. The van der Waals surface area contributed by atoms with Crippen molar-refractivity contribution in [3.63, 3.8) is 0 Å². The molecular formula is C26H25BN2O6. The minimum absolute atomic E-state index is 0.0993. The van der Waals surface area contributed by atoms with Crippen LogP contribution in [-0.2, 0) is 15.7 Å².